The molecule has 1 aromatic heterocycles. The third-order valence-corrected chi connectivity index (χ3v) is 3.64. The number of nitrogens with one attached hydrogen (secondary N) is 2. The second-order valence-corrected chi connectivity index (χ2v) is 5.03. The summed E-state index contributed by atoms with van der Waals surface area (Å²) in [6, 6.07) is 5.63. The lowest BCUT2D eigenvalue weighted by molar-refractivity contribution is -0.118. The highest BCUT2D eigenvalue weighted by Crippen LogP contribution is 2.27. The van der Waals surface area contributed by atoms with Crippen molar-refractivity contribution in [2.75, 3.05) is 0 Å². The van der Waals surface area contributed by atoms with E-state index < -0.39 is 0 Å². The minimum atomic E-state index is -0.157. The van der Waals surface area contributed by atoms with Crippen LogP contribution < -0.4 is 5.32 Å². The number of benzene rings is 1. The summed E-state index contributed by atoms with van der Waals surface area (Å²) in [5.41, 5.74) is 2.84. The SMILES string of the molecule is C=C1CC(=O)C(Cc2c[nH]c3c(Cl)cccc23)N1. The molecule has 1 fully saturated rings. The molecule has 3 nitrogen and oxygen atoms in total. The number of rotatable bonds is 2. The van der Waals surface area contributed by atoms with Gasteiger partial charge in [-0.1, -0.05) is 30.3 Å². The van der Waals surface area contributed by atoms with E-state index in [1.807, 2.05) is 24.4 Å². The van der Waals surface area contributed by atoms with Crippen LogP contribution in [0.25, 0.3) is 10.9 Å². The number of hydrogen-bond acceptors (Lipinski definition) is 2. The van der Waals surface area contributed by atoms with Gasteiger partial charge in [0.1, 0.15) is 0 Å². The number of aromatic amines is 1. The Morgan fingerprint density at radius 3 is 3.00 bits per heavy atom. The molecule has 1 saturated heterocycles. The van der Waals surface area contributed by atoms with E-state index in [1.165, 1.54) is 0 Å². The maximum atomic E-state index is 11.8. The molecule has 1 unspecified atom stereocenters. The van der Waals surface area contributed by atoms with Crippen LogP contribution in [-0.2, 0) is 11.2 Å². The number of fused-ring (bicyclic) bond motifs is 1. The van der Waals surface area contributed by atoms with Crippen LogP contribution >= 0.6 is 11.6 Å². The summed E-state index contributed by atoms with van der Waals surface area (Å²) in [5.74, 6) is 0.205. The largest absolute Gasteiger partial charge is 0.378 e. The van der Waals surface area contributed by atoms with Crippen LogP contribution in [0.15, 0.2) is 36.7 Å². The number of ketones is 1. The smallest absolute Gasteiger partial charge is 0.161 e. The fraction of sp³-hybridized carbons (Fsp3) is 0.214. The Morgan fingerprint density at radius 2 is 2.28 bits per heavy atom. The highest BCUT2D eigenvalue weighted by atomic mass is 35.5. The highest BCUT2D eigenvalue weighted by molar-refractivity contribution is 6.35. The summed E-state index contributed by atoms with van der Waals surface area (Å²) < 4.78 is 0. The average Bonchev–Trinajstić information content (AvgIpc) is 2.86. The van der Waals surface area contributed by atoms with E-state index in [4.69, 9.17) is 11.6 Å². The Hall–Kier alpha value is -1.74. The summed E-state index contributed by atoms with van der Waals surface area (Å²) in [4.78, 5) is 14.9. The van der Waals surface area contributed by atoms with E-state index in [1.54, 1.807) is 0 Å². The van der Waals surface area contributed by atoms with Crippen LogP contribution in [0.1, 0.15) is 12.0 Å². The Morgan fingerprint density at radius 1 is 1.44 bits per heavy atom. The molecule has 0 bridgehead atoms. The van der Waals surface area contributed by atoms with Gasteiger partial charge in [0.2, 0.25) is 0 Å². The minimum Gasteiger partial charge on any atom is -0.378 e. The van der Waals surface area contributed by atoms with Crippen LogP contribution in [0.4, 0.5) is 0 Å². The molecule has 0 aliphatic carbocycles. The molecule has 1 aliphatic heterocycles. The van der Waals surface area contributed by atoms with Crippen LogP contribution in [0.3, 0.4) is 0 Å². The Labute approximate surface area is 110 Å². The van der Waals surface area contributed by atoms with Crippen molar-refractivity contribution in [2.24, 2.45) is 0 Å². The van der Waals surface area contributed by atoms with Crippen molar-refractivity contribution in [1.82, 2.24) is 10.3 Å². The van der Waals surface area contributed by atoms with Crippen molar-refractivity contribution in [2.45, 2.75) is 18.9 Å². The molecule has 2 heterocycles. The molecule has 0 amide bonds. The molecule has 1 aromatic carbocycles. The maximum absolute atomic E-state index is 11.8. The van der Waals surface area contributed by atoms with E-state index in [2.05, 4.69) is 16.9 Å². The van der Waals surface area contributed by atoms with E-state index >= 15 is 0 Å². The van der Waals surface area contributed by atoms with Crippen LogP contribution in [0.2, 0.25) is 5.02 Å². The predicted octanol–water partition coefficient (Wildman–Crippen LogP) is 2.81. The first-order chi connectivity index (χ1) is 8.65. The maximum Gasteiger partial charge on any atom is 0.161 e. The average molecular weight is 261 g/mol. The number of halogens is 1. The number of para-hydroxylation sites is 1. The van der Waals surface area contributed by atoms with Gasteiger partial charge < -0.3 is 10.3 Å². The third-order valence-electron chi connectivity index (χ3n) is 3.33. The van der Waals surface area contributed by atoms with Crippen molar-refractivity contribution < 1.29 is 4.79 Å². The molecule has 1 aliphatic rings. The fourth-order valence-electron chi connectivity index (χ4n) is 2.44. The summed E-state index contributed by atoms with van der Waals surface area (Å²) in [6.45, 7) is 3.80. The Bertz CT molecular complexity index is 644. The molecule has 1 atom stereocenters. The topological polar surface area (TPSA) is 44.9 Å². The first-order valence-electron chi connectivity index (χ1n) is 5.86. The summed E-state index contributed by atoms with van der Waals surface area (Å²) in [5, 5.41) is 4.91. The summed E-state index contributed by atoms with van der Waals surface area (Å²) in [7, 11) is 0. The first-order valence-corrected chi connectivity index (χ1v) is 6.24. The molecule has 18 heavy (non-hydrogen) atoms. The number of hydrogen-bond donors (Lipinski definition) is 2. The van der Waals surface area contributed by atoms with Gasteiger partial charge in [-0.3, -0.25) is 4.79 Å². The van der Waals surface area contributed by atoms with Crippen molar-refractivity contribution in [3.05, 3.63) is 47.3 Å². The van der Waals surface area contributed by atoms with Crippen molar-refractivity contribution >= 4 is 28.3 Å². The molecule has 2 N–H and O–H groups in total. The standard InChI is InChI=1S/C14H13ClN2O/c1-8-5-13(18)12(17-8)6-9-7-16-14-10(9)3-2-4-11(14)15/h2-4,7,12,16-17H,1,5-6H2. The van der Waals surface area contributed by atoms with Gasteiger partial charge in [0.15, 0.2) is 5.78 Å². The monoisotopic (exact) mass is 260 g/mol. The van der Waals surface area contributed by atoms with Crippen LogP contribution in [-0.4, -0.2) is 16.8 Å². The Balaban J connectivity index is 1.94. The van der Waals surface area contributed by atoms with Crippen molar-refractivity contribution in [1.29, 1.82) is 0 Å². The molecular formula is C14H13ClN2O. The number of allylic oxidation sites excluding steroid dienone is 1. The molecule has 2 aromatic rings. The lowest BCUT2D eigenvalue weighted by atomic mass is 10.0. The third kappa shape index (κ3) is 1.81. The number of carbonyl (C=O) groups is 1. The van der Waals surface area contributed by atoms with Crippen molar-refractivity contribution in [3.63, 3.8) is 0 Å². The Kier molecular flexibility index (Phi) is 2.63. The zero-order valence-electron chi connectivity index (χ0n) is 9.79. The fourth-order valence-corrected chi connectivity index (χ4v) is 2.67. The molecule has 3 rings (SSSR count). The zero-order valence-corrected chi connectivity index (χ0v) is 10.6. The second kappa shape index (κ2) is 4.18. The normalized spacial score (nSPS) is 19.5. The van der Waals surface area contributed by atoms with E-state index in [-0.39, 0.29) is 11.8 Å². The van der Waals surface area contributed by atoms with E-state index in [0.29, 0.717) is 17.9 Å². The lowest BCUT2D eigenvalue weighted by Gasteiger charge is -2.08. The first kappa shape index (κ1) is 11.4. The van der Waals surface area contributed by atoms with Gasteiger partial charge in [-0.25, -0.2) is 0 Å². The van der Waals surface area contributed by atoms with Gasteiger partial charge in [0, 0.05) is 30.1 Å². The molecule has 4 heteroatoms. The van der Waals surface area contributed by atoms with Crippen molar-refractivity contribution in [3.8, 4) is 0 Å². The summed E-state index contributed by atoms with van der Waals surface area (Å²) >= 11 is 6.11. The van der Waals surface area contributed by atoms with Gasteiger partial charge in [-0.15, -0.1) is 0 Å². The van der Waals surface area contributed by atoms with Gasteiger partial charge in [-0.2, -0.15) is 0 Å². The van der Waals surface area contributed by atoms with Gasteiger partial charge in [-0.05, 0) is 11.6 Å². The van der Waals surface area contributed by atoms with Crippen LogP contribution in [0, 0.1) is 0 Å². The van der Waals surface area contributed by atoms with E-state index in [9.17, 15) is 4.79 Å². The highest BCUT2D eigenvalue weighted by Gasteiger charge is 2.27. The molecular weight excluding hydrogens is 248 g/mol. The summed E-state index contributed by atoms with van der Waals surface area (Å²) in [6.07, 6.45) is 3.03. The zero-order chi connectivity index (χ0) is 12.7. The predicted molar refractivity (Wildman–Crippen MR) is 72.7 cm³/mol. The lowest BCUT2D eigenvalue weighted by Crippen LogP contribution is -2.28. The molecule has 0 radical (unpaired) electrons. The molecule has 92 valence electrons. The quantitative estimate of drug-likeness (QED) is 0.872. The van der Waals surface area contributed by atoms with E-state index in [0.717, 1.165) is 22.2 Å². The second-order valence-electron chi connectivity index (χ2n) is 4.62. The number of H-pyrrole nitrogens is 1. The molecule has 0 saturated carbocycles. The number of aromatic nitrogens is 1. The number of carbonyl (C=O) groups excluding carboxylic acids is 1. The van der Waals surface area contributed by atoms with Crippen LogP contribution in [0.5, 0.6) is 0 Å². The molecule has 0 spiro atoms. The van der Waals surface area contributed by atoms with Gasteiger partial charge in [0.05, 0.1) is 16.6 Å². The van der Waals surface area contributed by atoms with Gasteiger partial charge >= 0.3 is 0 Å². The minimum absolute atomic E-state index is 0.157. The number of Topliss-reactive ketones (excluding diaryl/α,β-unsaturated/α-hetero) is 1. The van der Waals surface area contributed by atoms with Gasteiger partial charge in [0.25, 0.3) is 0 Å².